The van der Waals surface area contributed by atoms with Gasteiger partial charge >= 0.3 is 12.5 Å². The maximum atomic E-state index is 12.9. The molecule has 0 aliphatic heterocycles. The van der Waals surface area contributed by atoms with Crippen molar-refractivity contribution >= 4 is 0 Å². The molecule has 5 heteroatoms. The van der Waals surface area contributed by atoms with Crippen LogP contribution in [0.4, 0.5) is 17.6 Å². The van der Waals surface area contributed by atoms with Gasteiger partial charge in [-0.15, -0.1) is 0 Å². The van der Waals surface area contributed by atoms with Crippen LogP contribution in [0.1, 0.15) is 63.9 Å². The fourth-order valence-corrected chi connectivity index (χ4v) is 4.49. The van der Waals surface area contributed by atoms with E-state index in [9.17, 15) is 17.6 Å². The molecule has 0 aromatic heterocycles. The molecule has 2 saturated carbocycles. The summed E-state index contributed by atoms with van der Waals surface area (Å²) < 4.78 is 54.2. The second-order valence-corrected chi connectivity index (χ2v) is 8.39. The highest BCUT2D eigenvalue weighted by atomic mass is 19.3. The number of ether oxygens (including phenoxy) is 1. The van der Waals surface area contributed by atoms with E-state index in [4.69, 9.17) is 0 Å². The maximum absolute atomic E-state index is 12.9. The minimum atomic E-state index is -4.48. The lowest BCUT2D eigenvalue weighted by atomic mass is 9.69. The predicted molar refractivity (Wildman–Crippen MR) is 101 cm³/mol. The Labute approximate surface area is 164 Å². The van der Waals surface area contributed by atoms with E-state index in [0.29, 0.717) is 11.5 Å². The summed E-state index contributed by atoms with van der Waals surface area (Å²) in [5.74, 6) is 9.09. The fourth-order valence-electron chi connectivity index (χ4n) is 4.49. The van der Waals surface area contributed by atoms with E-state index in [2.05, 4.69) is 23.5 Å². The number of hydrogen-bond acceptors (Lipinski definition) is 1. The molecule has 0 saturated heterocycles. The minimum Gasteiger partial charge on any atom is -0.428 e. The second kappa shape index (κ2) is 9.20. The molecule has 0 spiro atoms. The molecular formula is C23H28F4O. The van der Waals surface area contributed by atoms with Gasteiger partial charge in [-0.3, -0.25) is 0 Å². The highest BCUT2D eigenvalue weighted by molar-refractivity contribution is 5.38. The molecule has 0 N–H and O–H groups in total. The van der Waals surface area contributed by atoms with Crippen LogP contribution in [0.2, 0.25) is 0 Å². The third-order valence-electron chi connectivity index (χ3n) is 6.28. The van der Waals surface area contributed by atoms with Crippen LogP contribution in [0.25, 0.3) is 0 Å². The first-order valence-electron chi connectivity index (χ1n) is 10.3. The van der Waals surface area contributed by atoms with Crippen molar-refractivity contribution in [3.63, 3.8) is 0 Å². The van der Waals surface area contributed by atoms with Crippen molar-refractivity contribution in [3.05, 3.63) is 29.8 Å². The summed E-state index contributed by atoms with van der Waals surface area (Å²) in [7, 11) is 0. The summed E-state index contributed by atoms with van der Waals surface area (Å²) in [5.41, 5.74) is 0.677. The monoisotopic (exact) mass is 396 g/mol. The number of alkyl halides is 4. The van der Waals surface area contributed by atoms with Crippen LogP contribution in [0.3, 0.4) is 0 Å². The maximum Gasteiger partial charge on any atom is 0.461 e. The van der Waals surface area contributed by atoms with E-state index < -0.39 is 12.5 Å². The summed E-state index contributed by atoms with van der Waals surface area (Å²) in [6.07, 6.45) is 1.86. The van der Waals surface area contributed by atoms with Gasteiger partial charge in [0.25, 0.3) is 0 Å². The van der Waals surface area contributed by atoms with Crippen molar-refractivity contribution in [2.45, 2.75) is 70.8 Å². The number of hydrogen-bond donors (Lipinski definition) is 0. The van der Waals surface area contributed by atoms with Crippen LogP contribution in [-0.2, 0) is 0 Å². The zero-order valence-corrected chi connectivity index (χ0v) is 16.3. The zero-order valence-electron chi connectivity index (χ0n) is 16.3. The molecule has 1 aromatic rings. The van der Waals surface area contributed by atoms with Gasteiger partial charge in [-0.05, 0) is 80.5 Å². The van der Waals surface area contributed by atoms with Gasteiger partial charge in [-0.1, -0.05) is 31.6 Å². The van der Waals surface area contributed by atoms with E-state index in [0.717, 1.165) is 30.6 Å². The fraction of sp³-hybridized carbons (Fsp3) is 0.652. The molecular weight excluding hydrogens is 368 g/mol. The topological polar surface area (TPSA) is 9.23 Å². The molecule has 2 fully saturated rings. The van der Waals surface area contributed by atoms with Crippen LogP contribution >= 0.6 is 0 Å². The van der Waals surface area contributed by atoms with Crippen molar-refractivity contribution in [1.29, 1.82) is 0 Å². The molecule has 2 aliphatic carbocycles. The van der Waals surface area contributed by atoms with E-state index in [1.807, 2.05) is 0 Å². The van der Waals surface area contributed by atoms with Crippen LogP contribution in [-0.4, -0.2) is 12.5 Å². The molecule has 1 nitrogen and oxygen atoms in total. The van der Waals surface area contributed by atoms with Gasteiger partial charge in [0.15, 0.2) is 0 Å². The van der Waals surface area contributed by atoms with E-state index in [1.165, 1.54) is 62.8 Å². The summed E-state index contributed by atoms with van der Waals surface area (Å²) in [5, 5.41) is 0. The molecule has 3 rings (SSSR count). The summed E-state index contributed by atoms with van der Waals surface area (Å²) in [6.45, 7) is 2.35. The normalized spacial score (nSPS) is 28.5. The molecule has 28 heavy (non-hydrogen) atoms. The van der Waals surface area contributed by atoms with Gasteiger partial charge in [0, 0.05) is 11.5 Å². The third-order valence-corrected chi connectivity index (χ3v) is 6.28. The first-order chi connectivity index (χ1) is 13.3. The lowest BCUT2D eigenvalue weighted by Crippen LogP contribution is -2.33. The molecule has 154 valence electrons. The van der Waals surface area contributed by atoms with Crippen molar-refractivity contribution in [1.82, 2.24) is 0 Å². The highest BCUT2D eigenvalue weighted by Crippen LogP contribution is 2.41. The van der Waals surface area contributed by atoms with Crippen molar-refractivity contribution in [2.75, 3.05) is 0 Å². The quantitative estimate of drug-likeness (QED) is 0.397. The Morgan fingerprint density at radius 3 is 1.96 bits per heavy atom. The van der Waals surface area contributed by atoms with Crippen LogP contribution in [0, 0.1) is 35.5 Å². The standard InChI is InChI=1S/C23H28F4O/c1-16-2-10-19(11-3-16)20-12-6-17(7-13-20)4-5-18-8-14-21(15-9-18)28-23(26,27)22(24)25/h8-9,14-17,19-20,22H,2-3,6-7,10-13H2,1H3. The molecule has 0 unspecified atom stereocenters. The van der Waals surface area contributed by atoms with Gasteiger partial charge in [0.1, 0.15) is 5.75 Å². The first-order valence-corrected chi connectivity index (χ1v) is 10.3. The molecule has 0 radical (unpaired) electrons. The zero-order chi connectivity index (χ0) is 20.1. The lowest BCUT2D eigenvalue weighted by Gasteiger charge is -2.36. The molecule has 0 amide bonds. The van der Waals surface area contributed by atoms with E-state index in [-0.39, 0.29) is 5.75 Å². The molecule has 1 aromatic carbocycles. The lowest BCUT2D eigenvalue weighted by molar-refractivity contribution is -0.253. The Morgan fingerprint density at radius 1 is 0.893 bits per heavy atom. The summed E-state index contributed by atoms with van der Waals surface area (Å²) in [4.78, 5) is 0. The van der Waals surface area contributed by atoms with Gasteiger partial charge in [0.2, 0.25) is 0 Å². The van der Waals surface area contributed by atoms with Gasteiger partial charge < -0.3 is 4.74 Å². The largest absolute Gasteiger partial charge is 0.461 e. The Morgan fingerprint density at radius 2 is 1.43 bits per heavy atom. The molecule has 0 heterocycles. The number of rotatable bonds is 4. The molecule has 0 bridgehead atoms. The van der Waals surface area contributed by atoms with Gasteiger partial charge in [-0.2, -0.15) is 17.6 Å². The first kappa shape index (κ1) is 21.0. The van der Waals surface area contributed by atoms with Gasteiger partial charge in [-0.25, -0.2) is 0 Å². The van der Waals surface area contributed by atoms with E-state index in [1.54, 1.807) is 0 Å². The third kappa shape index (κ3) is 5.65. The highest BCUT2D eigenvalue weighted by Gasteiger charge is 2.43. The minimum absolute atomic E-state index is 0.293. The number of benzene rings is 1. The Balaban J connectivity index is 1.48. The molecule has 0 atom stereocenters. The van der Waals surface area contributed by atoms with E-state index >= 15 is 0 Å². The predicted octanol–water partition coefficient (Wildman–Crippen LogP) is 6.91. The summed E-state index contributed by atoms with van der Waals surface area (Å²) in [6, 6.07) is 5.56. The average molecular weight is 396 g/mol. The van der Waals surface area contributed by atoms with Gasteiger partial charge in [0.05, 0.1) is 0 Å². The smallest absolute Gasteiger partial charge is 0.428 e. The Kier molecular flexibility index (Phi) is 6.91. The number of halogens is 4. The average Bonchev–Trinajstić information content (AvgIpc) is 2.68. The summed E-state index contributed by atoms with van der Waals surface area (Å²) >= 11 is 0. The SMILES string of the molecule is CC1CCC(C2CCC(C#Cc3ccc(OC(F)(F)C(F)F)cc3)CC2)CC1. The van der Waals surface area contributed by atoms with Crippen LogP contribution < -0.4 is 4.74 Å². The second-order valence-electron chi connectivity index (χ2n) is 8.39. The van der Waals surface area contributed by atoms with Crippen molar-refractivity contribution in [2.24, 2.45) is 23.7 Å². The van der Waals surface area contributed by atoms with Crippen LogP contribution in [0.15, 0.2) is 24.3 Å². The molecule has 2 aliphatic rings. The van der Waals surface area contributed by atoms with Crippen molar-refractivity contribution in [3.8, 4) is 17.6 Å². The van der Waals surface area contributed by atoms with Crippen LogP contribution in [0.5, 0.6) is 5.75 Å². The Hall–Kier alpha value is -1.70. The Bertz CT molecular complexity index is 673. The van der Waals surface area contributed by atoms with Crippen molar-refractivity contribution < 1.29 is 22.3 Å².